The molecule has 6 nitrogen and oxygen atoms in total. The minimum absolute atomic E-state index is 0.295. The zero-order chi connectivity index (χ0) is 14.4. The predicted octanol–water partition coefficient (Wildman–Crippen LogP) is 1.95. The van der Waals surface area contributed by atoms with Crippen molar-refractivity contribution in [1.29, 1.82) is 0 Å². The number of ether oxygens (including phenoxy) is 1. The van der Waals surface area contributed by atoms with Gasteiger partial charge in [0.05, 0.1) is 24.1 Å². The summed E-state index contributed by atoms with van der Waals surface area (Å²) >= 11 is 0. The second-order valence-electron chi connectivity index (χ2n) is 5.87. The quantitative estimate of drug-likeness (QED) is 0.934. The summed E-state index contributed by atoms with van der Waals surface area (Å²) in [6.07, 6.45) is 7.87. The first-order valence-corrected chi connectivity index (χ1v) is 7.44. The zero-order valence-corrected chi connectivity index (χ0v) is 12.3. The lowest BCUT2D eigenvalue weighted by Crippen LogP contribution is -2.18. The van der Waals surface area contributed by atoms with Crippen LogP contribution in [0.4, 0.5) is 5.82 Å². The molecule has 0 aliphatic carbocycles. The summed E-state index contributed by atoms with van der Waals surface area (Å²) in [5, 5.41) is 7.36. The highest BCUT2D eigenvalue weighted by Crippen LogP contribution is 2.43. The Hall–Kier alpha value is -1.95. The van der Waals surface area contributed by atoms with Gasteiger partial charge < -0.3 is 10.1 Å². The van der Waals surface area contributed by atoms with Crippen LogP contribution in [0.25, 0.3) is 11.3 Å². The maximum absolute atomic E-state index is 5.95. The summed E-state index contributed by atoms with van der Waals surface area (Å²) < 4.78 is 7.73. The van der Waals surface area contributed by atoms with Gasteiger partial charge in [-0.2, -0.15) is 5.10 Å². The van der Waals surface area contributed by atoms with E-state index in [4.69, 9.17) is 9.72 Å². The Kier molecular flexibility index (Phi) is 2.92. The Morgan fingerprint density at radius 1 is 1.33 bits per heavy atom. The Morgan fingerprint density at radius 2 is 2.24 bits per heavy atom. The Morgan fingerprint density at radius 3 is 2.86 bits per heavy atom. The van der Waals surface area contributed by atoms with Crippen molar-refractivity contribution in [3.63, 3.8) is 0 Å². The molecule has 0 aromatic carbocycles. The molecule has 0 amide bonds. The van der Waals surface area contributed by atoms with Gasteiger partial charge in [0.25, 0.3) is 0 Å². The molecule has 2 aromatic heterocycles. The van der Waals surface area contributed by atoms with E-state index >= 15 is 0 Å². The van der Waals surface area contributed by atoms with Gasteiger partial charge in [-0.05, 0) is 19.3 Å². The van der Waals surface area contributed by atoms with Crippen LogP contribution in [0.5, 0.6) is 0 Å². The van der Waals surface area contributed by atoms with Crippen molar-refractivity contribution in [2.75, 3.05) is 12.4 Å². The number of rotatable bonds is 3. The van der Waals surface area contributed by atoms with E-state index in [0.717, 1.165) is 35.7 Å². The van der Waals surface area contributed by atoms with Crippen LogP contribution < -0.4 is 5.32 Å². The molecule has 3 atom stereocenters. The van der Waals surface area contributed by atoms with E-state index in [9.17, 15) is 0 Å². The van der Waals surface area contributed by atoms with Crippen molar-refractivity contribution in [2.45, 2.75) is 37.4 Å². The number of hydrogen-bond donors (Lipinski definition) is 1. The SMILES string of the molecule is CNc1cc(-c2cnn(C)c2)nc(C2CC3CCC2O3)n1. The van der Waals surface area contributed by atoms with Crippen LogP contribution >= 0.6 is 0 Å². The standard InChI is InChI=1S/C15H19N5O/c1-16-14-6-12(9-7-17-20(2)8-9)18-15(19-14)11-5-10-3-4-13(11)21-10/h6-8,10-11,13H,3-5H2,1-2H3,(H,16,18,19). The van der Waals surface area contributed by atoms with Crippen LogP contribution in [0.3, 0.4) is 0 Å². The second-order valence-corrected chi connectivity index (χ2v) is 5.87. The first kappa shape index (κ1) is 12.8. The van der Waals surface area contributed by atoms with Gasteiger partial charge in [-0.1, -0.05) is 0 Å². The maximum Gasteiger partial charge on any atom is 0.137 e. The van der Waals surface area contributed by atoms with Crippen molar-refractivity contribution < 1.29 is 4.74 Å². The van der Waals surface area contributed by atoms with Crippen LogP contribution in [0.15, 0.2) is 18.5 Å². The number of fused-ring (bicyclic) bond motifs is 2. The lowest BCUT2D eigenvalue weighted by molar-refractivity contribution is 0.0999. The molecular formula is C15H19N5O. The molecule has 4 heterocycles. The number of hydrogen-bond acceptors (Lipinski definition) is 5. The van der Waals surface area contributed by atoms with Gasteiger partial charge >= 0.3 is 0 Å². The highest BCUT2D eigenvalue weighted by Gasteiger charge is 2.43. The molecule has 2 fully saturated rings. The normalized spacial score (nSPS) is 27.2. The Labute approximate surface area is 123 Å². The third-order valence-corrected chi connectivity index (χ3v) is 4.44. The van der Waals surface area contributed by atoms with Crippen molar-refractivity contribution in [2.24, 2.45) is 7.05 Å². The highest BCUT2D eigenvalue weighted by molar-refractivity contribution is 5.61. The summed E-state index contributed by atoms with van der Waals surface area (Å²) in [5.41, 5.74) is 1.93. The van der Waals surface area contributed by atoms with E-state index in [1.807, 2.05) is 32.6 Å². The molecule has 0 spiro atoms. The highest BCUT2D eigenvalue weighted by atomic mass is 16.5. The average molecular weight is 285 g/mol. The van der Waals surface area contributed by atoms with Crippen molar-refractivity contribution in [3.05, 3.63) is 24.3 Å². The van der Waals surface area contributed by atoms with Gasteiger partial charge in [0.2, 0.25) is 0 Å². The summed E-state index contributed by atoms with van der Waals surface area (Å²) in [6.45, 7) is 0. The fourth-order valence-corrected chi connectivity index (χ4v) is 3.37. The van der Waals surface area contributed by atoms with Crippen molar-refractivity contribution in [1.82, 2.24) is 19.7 Å². The molecule has 4 rings (SSSR count). The van der Waals surface area contributed by atoms with Crippen LogP contribution in [-0.2, 0) is 11.8 Å². The third kappa shape index (κ3) is 2.19. The number of nitrogens with zero attached hydrogens (tertiary/aromatic N) is 4. The molecule has 1 N–H and O–H groups in total. The molecule has 3 unspecified atom stereocenters. The first-order valence-electron chi connectivity index (χ1n) is 7.44. The van der Waals surface area contributed by atoms with E-state index < -0.39 is 0 Å². The Bertz CT molecular complexity index is 668. The van der Waals surface area contributed by atoms with E-state index in [1.165, 1.54) is 6.42 Å². The molecule has 0 saturated carbocycles. The van der Waals surface area contributed by atoms with Crippen molar-refractivity contribution in [3.8, 4) is 11.3 Å². The summed E-state index contributed by atoms with van der Waals surface area (Å²) in [6, 6.07) is 1.97. The fraction of sp³-hybridized carbons (Fsp3) is 0.533. The van der Waals surface area contributed by atoms with Gasteiger partial charge in [-0.3, -0.25) is 4.68 Å². The molecule has 0 radical (unpaired) electrons. The number of aryl methyl sites for hydroxylation is 1. The van der Waals surface area contributed by atoms with E-state index in [2.05, 4.69) is 15.4 Å². The molecule has 110 valence electrons. The molecule has 2 aliphatic heterocycles. The minimum Gasteiger partial charge on any atom is -0.374 e. The molecule has 2 bridgehead atoms. The Balaban J connectivity index is 1.73. The third-order valence-electron chi connectivity index (χ3n) is 4.44. The average Bonchev–Trinajstić information content (AvgIpc) is 3.22. The lowest BCUT2D eigenvalue weighted by Gasteiger charge is -2.18. The molecule has 6 heteroatoms. The van der Waals surface area contributed by atoms with Gasteiger partial charge in [-0.25, -0.2) is 9.97 Å². The van der Waals surface area contributed by atoms with Crippen LogP contribution in [0.2, 0.25) is 0 Å². The zero-order valence-electron chi connectivity index (χ0n) is 12.3. The number of nitrogens with one attached hydrogen (secondary N) is 1. The molecule has 21 heavy (non-hydrogen) atoms. The van der Waals surface area contributed by atoms with Crippen LogP contribution in [-0.4, -0.2) is 39.0 Å². The monoisotopic (exact) mass is 285 g/mol. The van der Waals surface area contributed by atoms with Crippen LogP contribution in [0, 0.1) is 0 Å². The van der Waals surface area contributed by atoms with E-state index in [-0.39, 0.29) is 0 Å². The molecule has 2 aromatic rings. The van der Waals surface area contributed by atoms with Gasteiger partial charge in [0.1, 0.15) is 11.6 Å². The number of aromatic nitrogens is 4. The topological polar surface area (TPSA) is 64.9 Å². The van der Waals surface area contributed by atoms with Gasteiger partial charge in [0, 0.05) is 37.8 Å². The van der Waals surface area contributed by atoms with Crippen LogP contribution in [0.1, 0.15) is 31.0 Å². The second kappa shape index (κ2) is 4.80. The first-order chi connectivity index (χ1) is 10.2. The predicted molar refractivity (Wildman–Crippen MR) is 79.0 cm³/mol. The van der Waals surface area contributed by atoms with E-state index in [1.54, 1.807) is 4.68 Å². The van der Waals surface area contributed by atoms with E-state index in [0.29, 0.717) is 18.1 Å². The lowest BCUT2D eigenvalue weighted by atomic mass is 9.88. The summed E-state index contributed by atoms with van der Waals surface area (Å²) in [5.74, 6) is 2.07. The molecule has 2 saturated heterocycles. The fourth-order valence-electron chi connectivity index (χ4n) is 3.37. The smallest absolute Gasteiger partial charge is 0.137 e. The molecule has 2 aliphatic rings. The maximum atomic E-state index is 5.95. The van der Waals surface area contributed by atoms with Gasteiger partial charge in [0.15, 0.2) is 0 Å². The minimum atomic E-state index is 0.295. The van der Waals surface area contributed by atoms with Gasteiger partial charge in [-0.15, -0.1) is 0 Å². The number of anilines is 1. The largest absolute Gasteiger partial charge is 0.374 e. The van der Waals surface area contributed by atoms with Crippen molar-refractivity contribution >= 4 is 5.82 Å². The summed E-state index contributed by atoms with van der Waals surface area (Å²) in [4.78, 5) is 9.44. The molecular weight excluding hydrogens is 266 g/mol. The summed E-state index contributed by atoms with van der Waals surface area (Å²) in [7, 11) is 3.80.